The first-order valence-electron chi connectivity index (χ1n) is 20.5. The highest BCUT2D eigenvalue weighted by Gasteiger charge is 2.48. The molecule has 0 heterocycles. The Morgan fingerprint density at radius 2 is 1.93 bits per heavy atom. The minimum Gasteiger partial charge on any atom is -0.508 e. The summed E-state index contributed by atoms with van der Waals surface area (Å²) in [5.41, 5.74) is 16.8. The van der Waals surface area contributed by atoms with Crippen LogP contribution in [0.5, 0.6) is 17.2 Å². The molecular formula is C46H61N3O6. The van der Waals surface area contributed by atoms with Gasteiger partial charge in [0.05, 0.1) is 18.8 Å². The van der Waals surface area contributed by atoms with Crippen molar-refractivity contribution in [1.29, 1.82) is 0 Å². The van der Waals surface area contributed by atoms with Crippen molar-refractivity contribution in [1.82, 2.24) is 0 Å². The minimum atomic E-state index is -0.252. The van der Waals surface area contributed by atoms with E-state index < -0.39 is 0 Å². The summed E-state index contributed by atoms with van der Waals surface area (Å²) in [4.78, 5) is 18.1. The highest BCUT2D eigenvalue weighted by molar-refractivity contribution is 5.89. The largest absolute Gasteiger partial charge is 0.508 e. The van der Waals surface area contributed by atoms with Gasteiger partial charge in [-0.2, -0.15) is 0 Å². The molecule has 55 heavy (non-hydrogen) atoms. The Kier molecular flexibility index (Phi) is 13.7. The van der Waals surface area contributed by atoms with Gasteiger partial charge in [0.15, 0.2) is 23.2 Å². The summed E-state index contributed by atoms with van der Waals surface area (Å²) in [5.74, 6) is 8.25. The number of nitrogens with two attached hydrogens (primary N) is 2. The van der Waals surface area contributed by atoms with Crippen molar-refractivity contribution in [2.45, 2.75) is 115 Å². The van der Waals surface area contributed by atoms with Crippen LogP contribution in [0.3, 0.4) is 0 Å². The topological polar surface area (TPSA) is 161 Å². The number of aliphatic imine (C=N–C) groups is 1. The van der Waals surface area contributed by atoms with E-state index in [0.29, 0.717) is 44.0 Å². The average molecular weight is 752 g/mol. The summed E-state index contributed by atoms with van der Waals surface area (Å²) in [5, 5.41) is 32.7. The van der Waals surface area contributed by atoms with Crippen LogP contribution in [-0.4, -0.2) is 59.5 Å². The third-order valence-electron chi connectivity index (χ3n) is 12.6. The quantitative estimate of drug-likeness (QED) is 0.0439. The maximum absolute atomic E-state index is 13.4. The molecule has 2 bridgehead atoms. The summed E-state index contributed by atoms with van der Waals surface area (Å²) >= 11 is 0. The molecule has 7 N–H and O–H groups in total. The molecule has 0 amide bonds. The molecule has 0 spiro atoms. The first-order valence-corrected chi connectivity index (χ1v) is 20.5. The fourth-order valence-electron chi connectivity index (χ4n) is 9.96. The van der Waals surface area contributed by atoms with Crippen molar-refractivity contribution >= 4 is 11.7 Å². The number of aliphatic hydroxyl groups is 1. The molecule has 0 aliphatic heterocycles. The number of methoxy groups -OCH3 is 1. The Morgan fingerprint density at radius 1 is 1.13 bits per heavy atom. The number of ether oxygens (including phenoxy) is 2. The Bertz CT molecular complexity index is 1810. The zero-order chi connectivity index (χ0) is 39.1. The zero-order valence-electron chi connectivity index (χ0n) is 32.9. The second kappa shape index (κ2) is 18.6. The number of nitrogens with zero attached hydrogens (tertiary/aromatic N) is 1. The number of guanidine groups is 1. The van der Waals surface area contributed by atoms with Gasteiger partial charge in [-0.1, -0.05) is 55.5 Å². The Hall–Kier alpha value is -4.26. The van der Waals surface area contributed by atoms with Crippen LogP contribution in [0.25, 0.3) is 0 Å². The fraction of sp³-hybridized carbons (Fsp3) is 0.565. The van der Waals surface area contributed by atoms with Gasteiger partial charge in [-0.3, -0.25) is 4.79 Å². The summed E-state index contributed by atoms with van der Waals surface area (Å²) in [6.45, 7) is 4.90. The number of phenolic OH excluding ortho intramolecular Hbond substituents is 2. The van der Waals surface area contributed by atoms with Gasteiger partial charge in [0.1, 0.15) is 5.75 Å². The van der Waals surface area contributed by atoms with Crippen molar-refractivity contribution in [2.75, 3.05) is 20.3 Å². The van der Waals surface area contributed by atoms with E-state index in [1.165, 1.54) is 5.57 Å². The second-order valence-corrected chi connectivity index (χ2v) is 16.5. The second-order valence-electron chi connectivity index (χ2n) is 16.5. The van der Waals surface area contributed by atoms with Gasteiger partial charge in [0.25, 0.3) is 0 Å². The number of aliphatic hydroxyl groups excluding tert-OH is 1. The van der Waals surface area contributed by atoms with Crippen LogP contribution in [0.2, 0.25) is 0 Å². The molecule has 2 fully saturated rings. The lowest BCUT2D eigenvalue weighted by Gasteiger charge is -2.49. The highest BCUT2D eigenvalue weighted by Crippen LogP contribution is 2.59. The average Bonchev–Trinajstić information content (AvgIpc) is 3.67. The smallest absolute Gasteiger partial charge is 0.186 e. The van der Waals surface area contributed by atoms with Gasteiger partial charge >= 0.3 is 0 Å². The molecule has 0 saturated heterocycles. The molecule has 9 heteroatoms. The number of ketones is 1. The fourth-order valence-corrected chi connectivity index (χ4v) is 9.96. The maximum atomic E-state index is 13.4. The van der Waals surface area contributed by atoms with Crippen LogP contribution in [0.15, 0.2) is 59.1 Å². The van der Waals surface area contributed by atoms with Gasteiger partial charge in [-0.05, 0) is 129 Å². The van der Waals surface area contributed by atoms with E-state index in [2.05, 4.69) is 42.8 Å². The van der Waals surface area contributed by atoms with E-state index in [9.17, 15) is 20.1 Å². The third-order valence-corrected chi connectivity index (χ3v) is 12.6. The minimum absolute atomic E-state index is 0.00432. The van der Waals surface area contributed by atoms with E-state index >= 15 is 0 Å². The lowest BCUT2D eigenvalue weighted by molar-refractivity contribution is -0.114. The monoisotopic (exact) mass is 751 g/mol. The van der Waals surface area contributed by atoms with E-state index in [4.69, 9.17) is 20.9 Å². The van der Waals surface area contributed by atoms with Crippen LogP contribution >= 0.6 is 0 Å². The number of rotatable bonds is 14. The van der Waals surface area contributed by atoms with Crippen molar-refractivity contribution in [3.05, 3.63) is 76.4 Å². The molecule has 2 aromatic carbocycles. The molecule has 4 aliphatic rings. The normalized spacial score (nSPS) is 26.9. The Balaban J connectivity index is 1.54. The SMILES string of the molecule is CC[C@H](/C=C/C(=O)CCc1cc(OC2CCCC2)c(O)c2c1C#CC[C@H](N=C(N)N)C[C@H]1C=C3[C@H](c4cccc(O)c4)C[C@@H](C)C[C@H]3[C@@H]2[C@H]1COC)CCO. The van der Waals surface area contributed by atoms with Crippen molar-refractivity contribution in [2.24, 2.45) is 46.0 Å². The van der Waals surface area contributed by atoms with Crippen LogP contribution in [-0.2, 0) is 16.0 Å². The van der Waals surface area contributed by atoms with E-state index in [1.54, 1.807) is 19.3 Å². The highest BCUT2D eigenvalue weighted by atomic mass is 16.5. The molecular weight excluding hydrogens is 691 g/mol. The molecule has 0 aromatic heterocycles. The van der Waals surface area contributed by atoms with Gasteiger partial charge in [0.2, 0.25) is 0 Å². The van der Waals surface area contributed by atoms with Crippen molar-refractivity contribution in [3.63, 3.8) is 0 Å². The summed E-state index contributed by atoms with van der Waals surface area (Å²) < 4.78 is 12.7. The number of fused-ring (bicyclic) bond motifs is 6. The molecule has 2 aromatic rings. The zero-order valence-corrected chi connectivity index (χ0v) is 32.9. The molecule has 9 nitrogen and oxygen atoms in total. The molecule has 0 unspecified atom stereocenters. The molecule has 0 radical (unpaired) electrons. The van der Waals surface area contributed by atoms with Crippen LogP contribution in [0.1, 0.15) is 119 Å². The van der Waals surface area contributed by atoms with Gasteiger partial charge < -0.3 is 36.3 Å². The number of carbonyl (C=O) groups is 1. The lowest BCUT2D eigenvalue weighted by Crippen LogP contribution is -2.41. The van der Waals surface area contributed by atoms with Gasteiger partial charge in [-0.25, -0.2) is 4.99 Å². The Labute approximate surface area is 327 Å². The van der Waals surface area contributed by atoms with Crippen molar-refractivity contribution < 1.29 is 29.6 Å². The number of aryl methyl sites for hydroxylation is 1. The van der Waals surface area contributed by atoms with E-state index in [0.717, 1.165) is 67.2 Å². The lowest BCUT2D eigenvalue weighted by atomic mass is 9.55. The molecule has 6 rings (SSSR count). The summed E-state index contributed by atoms with van der Waals surface area (Å²) in [7, 11) is 1.74. The Morgan fingerprint density at radius 3 is 2.64 bits per heavy atom. The number of phenols is 2. The first kappa shape index (κ1) is 40.4. The number of carbonyl (C=O) groups excluding carboxylic acids is 1. The number of aromatic hydroxyl groups is 2. The van der Waals surface area contributed by atoms with E-state index in [1.807, 2.05) is 24.3 Å². The van der Waals surface area contributed by atoms with Crippen LogP contribution < -0.4 is 16.2 Å². The number of allylic oxidation sites excluding steroid dienone is 4. The van der Waals surface area contributed by atoms with Crippen molar-refractivity contribution in [3.8, 4) is 29.1 Å². The van der Waals surface area contributed by atoms with Crippen LogP contribution in [0.4, 0.5) is 0 Å². The molecule has 296 valence electrons. The number of benzene rings is 2. The predicted molar refractivity (Wildman–Crippen MR) is 217 cm³/mol. The summed E-state index contributed by atoms with van der Waals surface area (Å²) in [6.07, 6.45) is 15.2. The van der Waals surface area contributed by atoms with Gasteiger partial charge in [0, 0.05) is 49.5 Å². The third kappa shape index (κ3) is 9.59. The molecule has 4 aliphatic carbocycles. The summed E-state index contributed by atoms with van der Waals surface area (Å²) in [6, 6.07) is 9.30. The van der Waals surface area contributed by atoms with E-state index in [-0.39, 0.29) is 83.9 Å². The predicted octanol–water partition coefficient (Wildman–Crippen LogP) is 7.41. The standard InChI is InChI=1S/C46H61N3O6/c1-4-29(19-20-50)15-17-34(51)18-16-31-26-42(55-36-12-5-6-13-36)45(53)44-37(31)14-8-10-33(49-46(47)48)23-32-25-39-38(30-9-7-11-35(52)24-30)21-28(2)22-40(39)43(44)41(32)27-54-3/h7,9,11,15,17,24-26,28-29,32-33,36,38,40-41,43,50,52-53H,4-6,10,12-13,16,18-23,27H2,1-3H3,(H4,47,48,49)/b17-15+/t28-,29-,32+,33+,38+,40-,41+,43-/m1/s1. The first-order chi connectivity index (χ1) is 26.6. The maximum Gasteiger partial charge on any atom is 0.186 e. The van der Waals surface area contributed by atoms with Crippen LogP contribution in [0, 0.1) is 41.4 Å². The number of hydrogen-bond acceptors (Lipinski definition) is 7. The molecule has 8 atom stereocenters. The number of hydrogen-bond donors (Lipinski definition) is 5. The molecule has 2 saturated carbocycles. The van der Waals surface area contributed by atoms with Gasteiger partial charge in [-0.15, -0.1) is 0 Å².